The van der Waals surface area contributed by atoms with Gasteiger partial charge >= 0.3 is 0 Å². The van der Waals surface area contributed by atoms with Gasteiger partial charge in [0.15, 0.2) is 0 Å². The zero-order valence-electron chi connectivity index (χ0n) is 10.7. The van der Waals surface area contributed by atoms with E-state index in [1.165, 1.54) is 0 Å². The molecule has 0 unspecified atom stereocenters. The summed E-state index contributed by atoms with van der Waals surface area (Å²) in [4.78, 5) is 11.8. The van der Waals surface area contributed by atoms with Gasteiger partial charge in [-0.3, -0.25) is 4.79 Å². The predicted octanol–water partition coefficient (Wildman–Crippen LogP) is 3.27. The zero-order chi connectivity index (χ0) is 12.9. The summed E-state index contributed by atoms with van der Waals surface area (Å²) in [7, 11) is 0. The van der Waals surface area contributed by atoms with Crippen molar-refractivity contribution in [3.05, 3.63) is 36.9 Å². The topological polar surface area (TPSA) is 41.1 Å². The molecule has 0 bridgehead atoms. The molecule has 0 fully saturated rings. The lowest BCUT2D eigenvalue weighted by Gasteiger charge is -2.17. The molecule has 0 spiro atoms. The minimum absolute atomic E-state index is 0.0179. The second-order valence-electron chi connectivity index (χ2n) is 4.95. The van der Waals surface area contributed by atoms with Crippen LogP contribution >= 0.6 is 0 Å². The van der Waals surface area contributed by atoms with Gasteiger partial charge in [-0.15, -0.1) is 6.58 Å². The van der Waals surface area contributed by atoms with Crippen LogP contribution in [0.15, 0.2) is 36.9 Å². The van der Waals surface area contributed by atoms with Crippen molar-refractivity contribution in [1.29, 1.82) is 0 Å². The second-order valence-corrected chi connectivity index (χ2v) is 4.95. The third-order valence-corrected chi connectivity index (χ3v) is 2.27. The van der Waals surface area contributed by atoms with Gasteiger partial charge < -0.3 is 10.6 Å². The first kappa shape index (κ1) is 13.3. The average Bonchev–Trinajstić information content (AvgIpc) is 2.27. The highest BCUT2D eigenvalue weighted by Crippen LogP contribution is 2.18. The quantitative estimate of drug-likeness (QED) is 0.782. The molecule has 92 valence electrons. The number of rotatable bonds is 4. The van der Waals surface area contributed by atoms with Gasteiger partial charge in [0.1, 0.15) is 0 Å². The van der Waals surface area contributed by atoms with Crippen molar-refractivity contribution in [3.63, 3.8) is 0 Å². The fraction of sp³-hybridized carbons (Fsp3) is 0.357. The van der Waals surface area contributed by atoms with Crippen molar-refractivity contribution in [3.8, 4) is 0 Å². The molecule has 0 aliphatic carbocycles. The van der Waals surface area contributed by atoms with Gasteiger partial charge in [-0.25, -0.2) is 0 Å². The Kier molecular flexibility index (Phi) is 4.32. The molecule has 17 heavy (non-hydrogen) atoms. The summed E-state index contributed by atoms with van der Waals surface area (Å²) in [5.74, 6) is 0.0179. The first-order chi connectivity index (χ1) is 7.93. The molecule has 1 amide bonds. The lowest BCUT2D eigenvalue weighted by atomic mass is 9.95. The van der Waals surface area contributed by atoms with Crippen LogP contribution in [0.1, 0.15) is 20.8 Å². The first-order valence-corrected chi connectivity index (χ1v) is 5.70. The van der Waals surface area contributed by atoms with Crippen molar-refractivity contribution < 1.29 is 4.79 Å². The molecule has 2 N–H and O–H groups in total. The van der Waals surface area contributed by atoms with Crippen LogP contribution < -0.4 is 10.6 Å². The van der Waals surface area contributed by atoms with Crippen LogP contribution in [0.4, 0.5) is 11.4 Å². The number of carbonyl (C=O) groups excluding carboxylic acids is 1. The Hall–Kier alpha value is -1.77. The Morgan fingerprint density at radius 1 is 1.24 bits per heavy atom. The predicted molar refractivity (Wildman–Crippen MR) is 73.2 cm³/mol. The largest absolute Gasteiger partial charge is 0.382 e. The summed E-state index contributed by atoms with van der Waals surface area (Å²) in [6, 6.07) is 7.63. The first-order valence-electron chi connectivity index (χ1n) is 5.70. The fourth-order valence-electron chi connectivity index (χ4n) is 1.18. The monoisotopic (exact) mass is 232 g/mol. The molecule has 3 nitrogen and oxygen atoms in total. The van der Waals surface area contributed by atoms with Crippen LogP contribution in [0.25, 0.3) is 0 Å². The molecule has 3 heteroatoms. The minimum Gasteiger partial charge on any atom is -0.382 e. The Bertz CT molecular complexity index is 388. The number of anilines is 2. The summed E-state index contributed by atoms with van der Waals surface area (Å²) >= 11 is 0. The molecule has 0 aliphatic rings. The highest BCUT2D eigenvalue weighted by atomic mass is 16.2. The summed E-state index contributed by atoms with van der Waals surface area (Å²) < 4.78 is 0. The number of amides is 1. The molecule has 0 saturated carbocycles. The van der Waals surface area contributed by atoms with E-state index in [4.69, 9.17) is 0 Å². The van der Waals surface area contributed by atoms with E-state index in [0.29, 0.717) is 0 Å². The lowest BCUT2D eigenvalue weighted by molar-refractivity contribution is -0.123. The van der Waals surface area contributed by atoms with E-state index in [1.54, 1.807) is 6.08 Å². The van der Waals surface area contributed by atoms with Gasteiger partial charge in [0.05, 0.1) is 0 Å². The smallest absolute Gasteiger partial charge is 0.229 e. The maximum atomic E-state index is 11.8. The van der Waals surface area contributed by atoms with Crippen LogP contribution in [0, 0.1) is 5.41 Å². The number of hydrogen-bond donors (Lipinski definition) is 2. The van der Waals surface area contributed by atoms with E-state index < -0.39 is 0 Å². The van der Waals surface area contributed by atoms with E-state index in [-0.39, 0.29) is 11.3 Å². The minimum atomic E-state index is -0.375. The molecule has 0 aliphatic heterocycles. The molecule has 0 heterocycles. The Balaban J connectivity index is 2.62. The van der Waals surface area contributed by atoms with Crippen molar-refractivity contribution in [1.82, 2.24) is 0 Å². The normalized spacial score (nSPS) is 10.8. The van der Waals surface area contributed by atoms with Crippen LogP contribution in [0.2, 0.25) is 0 Å². The van der Waals surface area contributed by atoms with Gasteiger partial charge in [-0.05, 0) is 24.3 Å². The van der Waals surface area contributed by atoms with Gasteiger partial charge in [0.25, 0.3) is 0 Å². The van der Waals surface area contributed by atoms with Gasteiger partial charge in [0, 0.05) is 23.3 Å². The third kappa shape index (κ3) is 4.31. The highest BCUT2D eigenvalue weighted by molar-refractivity contribution is 5.94. The molecule has 1 rings (SSSR count). The Labute approximate surface area is 103 Å². The van der Waals surface area contributed by atoms with E-state index in [9.17, 15) is 4.79 Å². The van der Waals surface area contributed by atoms with Crippen LogP contribution in [0.3, 0.4) is 0 Å². The number of carbonyl (C=O) groups is 1. The third-order valence-electron chi connectivity index (χ3n) is 2.27. The van der Waals surface area contributed by atoms with Gasteiger partial charge in [0.2, 0.25) is 5.91 Å². The summed E-state index contributed by atoms with van der Waals surface area (Å²) in [6.07, 6.45) is 1.80. The molecular weight excluding hydrogens is 212 g/mol. The SMILES string of the molecule is C=CCNc1ccc(NC(=O)C(C)(C)C)cc1. The van der Waals surface area contributed by atoms with Crippen LogP contribution in [-0.2, 0) is 4.79 Å². The second kappa shape index (κ2) is 5.53. The standard InChI is InChI=1S/C14H20N2O/c1-5-10-15-11-6-8-12(9-7-11)16-13(17)14(2,3)4/h5-9,15H,1,10H2,2-4H3,(H,16,17). The van der Waals surface area contributed by atoms with Crippen molar-refractivity contribution in [2.45, 2.75) is 20.8 Å². The molecule has 0 saturated heterocycles. The average molecular weight is 232 g/mol. The Morgan fingerprint density at radius 3 is 2.24 bits per heavy atom. The zero-order valence-corrected chi connectivity index (χ0v) is 10.7. The molecule has 1 aromatic rings. The van der Waals surface area contributed by atoms with Crippen molar-refractivity contribution in [2.24, 2.45) is 5.41 Å². The molecule has 0 aromatic heterocycles. The number of benzene rings is 1. The van der Waals surface area contributed by atoms with E-state index in [1.807, 2.05) is 45.0 Å². The number of nitrogens with one attached hydrogen (secondary N) is 2. The Morgan fingerprint density at radius 2 is 1.76 bits per heavy atom. The number of hydrogen-bond acceptors (Lipinski definition) is 2. The summed E-state index contributed by atoms with van der Waals surface area (Å²) in [5.41, 5.74) is 1.45. The van der Waals surface area contributed by atoms with E-state index >= 15 is 0 Å². The molecule has 0 atom stereocenters. The van der Waals surface area contributed by atoms with Gasteiger partial charge in [-0.2, -0.15) is 0 Å². The molecule has 0 radical (unpaired) electrons. The summed E-state index contributed by atoms with van der Waals surface area (Å²) in [5, 5.41) is 6.05. The van der Waals surface area contributed by atoms with Crippen LogP contribution in [0.5, 0.6) is 0 Å². The van der Waals surface area contributed by atoms with Crippen LogP contribution in [-0.4, -0.2) is 12.5 Å². The summed E-state index contributed by atoms with van der Waals surface area (Å²) in [6.45, 7) is 10.0. The van der Waals surface area contributed by atoms with E-state index in [2.05, 4.69) is 17.2 Å². The maximum absolute atomic E-state index is 11.8. The van der Waals surface area contributed by atoms with Crippen molar-refractivity contribution in [2.75, 3.05) is 17.2 Å². The molecule has 1 aromatic carbocycles. The lowest BCUT2D eigenvalue weighted by Crippen LogP contribution is -2.27. The van der Waals surface area contributed by atoms with Crippen molar-refractivity contribution >= 4 is 17.3 Å². The van der Waals surface area contributed by atoms with Gasteiger partial charge in [-0.1, -0.05) is 26.8 Å². The molecular formula is C14H20N2O. The van der Waals surface area contributed by atoms with E-state index in [0.717, 1.165) is 17.9 Å². The maximum Gasteiger partial charge on any atom is 0.229 e. The highest BCUT2D eigenvalue weighted by Gasteiger charge is 2.20. The fourth-order valence-corrected chi connectivity index (χ4v) is 1.18.